The van der Waals surface area contributed by atoms with Gasteiger partial charge in [-0.1, -0.05) is 12.1 Å². The predicted molar refractivity (Wildman–Crippen MR) is 77.5 cm³/mol. The maximum atomic E-state index is 11.3. The Labute approximate surface area is 127 Å². The van der Waals surface area contributed by atoms with Crippen LogP contribution >= 0.6 is 11.8 Å². The van der Waals surface area contributed by atoms with E-state index in [4.69, 9.17) is 4.74 Å². The number of thioether (sulfide) groups is 1. The number of carbonyl (C=O) groups excluding carboxylic acids is 1. The van der Waals surface area contributed by atoms with Gasteiger partial charge in [-0.05, 0) is 6.07 Å². The van der Waals surface area contributed by atoms with Crippen LogP contribution in [0.5, 0.6) is 5.75 Å². The Hall–Kier alpha value is -1.24. The molecule has 1 aromatic carbocycles. The number of hydrogen-bond donors (Lipinski definition) is 2. The molecule has 0 amide bonds. The molecule has 0 bridgehead atoms. The molecule has 1 aliphatic carbocycles. The number of benzene rings is 1. The molecule has 1 heterocycles. The number of methoxy groups -OCH3 is 1. The standard InChI is InChI=1S/C15H18O5S/c1-19-13(18)7-21-12-4-2-3-8-14-9(6-16)10(17)5-11(14)20-15(8)12/h2-4,9-11,14,16-17H,5-7H2,1H3/t9-,10+,11-,14+/m0/s1. The Morgan fingerprint density at radius 2 is 2.33 bits per heavy atom. The maximum Gasteiger partial charge on any atom is 0.315 e. The smallest absolute Gasteiger partial charge is 0.315 e. The first kappa shape index (κ1) is 14.7. The molecule has 0 unspecified atom stereocenters. The van der Waals surface area contributed by atoms with E-state index in [1.807, 2.05) is 18.2 Å². The average molecular weight is 310 g/mol. The van der Waals surface area contributed by atoms with E-state index in [0.29, 0.717) is 6.42 Å². The summed E-state index contributed by atoms with van der Waals surface area (Å²) in [4.78, 5) is 12.2. The van der Waals surface area contributed by atoms with Crippen molar-refractivity contribution < 1.29 is 24.5 Å². The molecule has 114 valence electrons. The quantitative estimate of drug-likeness (QED) is 0.642. The number of aliphatic hydroxyl groups is 2. The normalized spacial score (nSPS) is 29.7. The first-order valence-corrected chi connectivity index (χ1v) is 7.92. The Morgan fingerprint density at radius 1 is 1.52 bits per heavy atom. The van der Waals surface area contributed by atoms with Gasteiger partial charge < -0.3 is 19.7 Å². The van der Waals surface area contributed by atoms with Gasteiger partial charge in [0.25, 0.3) is 0 Å². The van der Waals surface area contributed by atoms with Gasteiger partial charge >= 0.3 is 5.97 Å². The number of hydrogen-bond acceptors (Lipinski definition) is 6. The van der Waals surface area contributed by atoms with Crippen LogP contribution in [0.4, 0.5) is 0 Å². The highest BCUT2D eigenvalue weighted by Crippen LogP contribution is 2.52. The van der Waals surface area contributed by atoms with Crippen molar-refractivity contribution in [3.8, 4) is 5.75 Å². The number of carbonyl (C=O) groups is 1. The zero-order chi connectivity index (χ0) is 15.0. The third kappa shape index (κ3) is 2.52. The van der Waals surface area contributed by atoms with E-state index in [0.717, 1.165) is 16.2 Å². The number of para-hydroxylation sites is 1. The molecule has 3 rings (SSSR count). The lowest BCUT2D eigenvalue weighted by Gasteiger charge is -2.17. The van der Waals surface area contributed by atoms with Crippen molar-refractivity contribution in [2.45, 2.75) is 29.4 Å². The Balaban J connectivity index is 1.85. The summed E-state index contributed by atoms with van der Waals surface area (Å²) < 4.78 is 10.6. The first-order chi connectivity index (χ1) is 10.2. The zero-order valence-electron chi connectivity index (χ0n) is 11.7. The predicted octanol–water partition coefficient (Wildman–Crippen LogP) is 1.17. The lowest BCUT2D eigenvalue weighted by atomic mass is 9.89. The highest BCUT2D eigenvalue weighted by atomic mass is 32.2. The van der Waals surface area contributed by atoms with Gasteiger partial charge in [0.2, 0.25) is 0 Å². The third-order valence-corrected chi connectivity index (χ3v) is 5.26. The minimum absolute atomic E-state index is 0.0266. The van der Waals surface area contributed by atoms with Crippen molar-refractivity contribution in [3.63, 3.8) is 0 Å². The topological polar surface area (TPSA) is 76.0 Å². The molecule has 21 heavy (non-hydrogen) atoms. The van der Waals surface area contributed by atoms with Crippen LogP contribution in [-0.2, 0) is 9.53 Å². The molecule has 1 aromatic rings. The van der Waals surface area contributed by atoms with Crippen molar-refractivity contribution in [2.24, 2.45) is 5.92 Å². The van der Waals surface area contributed by atoms with Crippen LogP contribution in [0.2, 0.25) is 0 Å². The molecule has 1 fully saturated rings. The molecule has 0 saturated heterocycles. The van der Waals surface area contributed by atoms with Crippen LogP contribution in [-0.4, -0.2) is 47.9 Å². The van der Waals surface area contributed by atoms with Crippen LogP contribution < -0.4 is 4.74 Å². The van der Waals surface area contributed by atoms with E-state index in [1.54, 1.807) is 0 Å². The fourth-order valence-electron chi connectivity index (χ4n) is 3.24. The molecule has 0 aromatic heterocycles. The Morgan fingerprint density at radius 3 is 3.05 bits per heavy atom. The van der Waals surface area contributed by atoms with E-state index in [1.165, 1.54) is 18.9 Å². The summed E-state index contributed by atoms with van der Waals surface area (Å²) in [6.45, 7) is -0.0509. The average Bonchev–Trinajstić information content (AvgIpc) is 2.99. The fraction of sp³-hybridized carbons (Fsp3) is 0.533. The highest BCUT2D eigenvalue weighted by Gasteiger charge is 2.49. The fourth-order valence-corrected chi connectivity index (χ4v) is 4.11. The molecule has 1 saturated carbocycles. The van der Waals surface area contributed by atoms with Gasteiger partial charge in [0.05, 0.1) is 23.9 Å². The highest BCUT2D eigenvalue weighted by molar-refractivity contribution is 8.00. The molecular weight excluding hydrogens is 292 g/mol. The van der Waals surface area contributed by atoms with E-state index in [9.17, 15) is 15.0 Å². The summed E-state index contributed by atoms with van der Waals surface area (Å²) in [5, 5.41) is 19.5. The van der Waals surface area contributed by atoms with Crippen molar-refractivity contribution >= 4 is 17.7 Å². The molecule has 2 aliphatic rings. The summed E-state index contributed by atoms with van der Waals surface area (Å²) in [5.74, 6) is 0.583. The lowest BCUT2D eigenvalue weighted by Crippen LogP contribution is -2.22. The summed E-state index contributed by atoms with van der Waals surface area (Å²) >= 11 is 1.38. The number of esters is 1. The summed E-state index contributed by atoms with van der Waals surface area (Å²) in [6.07, 6.45) is -0.0809. The largest absolute Gasteiger partial charge is 0.488 e. The van der Waals surface area contributed by atoms with Gasteiger partial charge in [0.1, 0.15) is 11.9 Å². The van der Waals surface area contributed by atoms with E-state index < -0.39 is 6.10 Å². The van der Waals surface area contributed by atoms with E-state index >= 15 is 0 Å². The Bertz CT molecular complexity index is 547. The molecule has 0 spiro atoms. The summed E-state index contributed by atoms with van der Waals surface area (Å²) in [6, 6.07) is 5.81. The van der Waals surface area contributed by atoms with Crippen molar-refractivity contribution in [2.75, 3.05) is 19.5 Å². The van der Waals surface area contributed by atoms with Crippen molar-refractivity contribution in [1.29, 1.82) is 0 Å². The van der Waals surface area contributed by atoms with Gasteiger partial charge in [-0.3, -0.25) is 4.79 Å². The van der Waals surface area contributed by atoms with Gasteiger partial charge in [-0.25, -0.2) is 0 Å². The maximum absolute atomic E-state index is 11.3. The Kier molecular flexibility index (Phi) is 4.10. The molecule has 5 nitrogen and oxygen atoms in total. The molecule has 1 aliphatic heterocycles. The lowest BCUT2D eigenvalue weighted by molar-refractivity contribution is -0.137. The van der Waals surface area contributed by atoms with Crippen molar-refractivity contribution in [1.82, 2.24) is 0 Å². The third-order valence-electron chi connectivity index (χ3n) is 4.25. The van der Waals surface area contributed by atoms with Crippen LogP contribution in [0.25, 0.3) is 0 Å². The van der Waals surface area contributed by atoms with Gasteiger partial charge in [-0.2, -0.15) is 0 Å². The monoisotopic (exact) mass is 310 g/mol. The second-order valence-electron chi connectivity index (χ2n) is 5.37. The number of fused-ring (bicyclic) bond motifs is 3. The SMILES string of the molecule is COC(=O)CSc1cccc2c1O[C@H]1C[C@@H](O)[C@H](CO)[C@@H]21. The van der Waals surface area contributed by atoms with Crippen molar-refractivity contribution in [3.05, 3.63) is 23.8 Å². The molecule has 2 N–H and O–H groups in total. The van der Waals surface area contributed by atoms with Gasteiger partial charge in [-0.15, -0.1) is 11.8 Å². The first-order valence-electron chi connectivity index (χ1n) is 6.93. The molecule has 0 radical (unpaired) electrons. The van der Waals surface area contributed by atoms with Crippen LogP contribution in [0, 0.1) is 5.92 Å². The minimum Gasteiger partial charge on any atom is -0.488 e. The van der Waals surface area contributed by atoms with Crippen LogP contribution in [0.1, 0.15) is 17.9 Å². The second-order valence-corrected chi connectivity index (χ2v) is 6.39. The number of ether oxygens (including phenoxy) is 2. The summed E-state index contributed by atoms with van der Waals surface area (Å²) in [7, 11) is 1.37. The van der Waals surface area contributed by atoms with Gasteiger partial charge in [0.15, 0.2) is 0 Å². The van der Waals surface area contributed by atoms with Crippen LogP contribution in [0.15, 0.2) is 23.1 Å². The van der Waals surface area contributed by atoms with Gasteiger partial charge in [0, 0.05) is 30.4 Å². The van der Waals surface area contributed by atoms with Crippen LogP contribution in [0.3, 0.4) is 0 Å². The number of rotatable bonds is 4. The molecule has 4 atom stereocenters. The van der Waals surface area contributed by atoms with E-state index in [2.05, 4.69) is 4.74 Å². The zero-order valence-corrected chi connectivity index (χ0v) is 12.5. The second kappa shape index (κ2) is 5.87. The summed E-state index contributed by atoms with van der Waals surface area (Å²) in [5.41, 5.74) is 1.02. The number of aliphatic hydroxyl groups excluding tert-OH is 2. The molecule has 6 heteroatoms. The van der Waals surface area contributed by atoms with E-state index in [-0.39, 0.29) is 36.3 Å². The minimum atomic E-state index is -0.524. The molecular formula is C15H18O5S.